The lowest BCUT2D eigenvalue weighted by molar-refractivity contribution is 0.0936. The average Bonchev–Trinajstić information content (AvgIpc) is 3.13. The van der Waals surface area contributed by atoms with Gasteiger partial charge in [0.05, 0.1) is 12.4 Å². The van der Waals surface area contributed by atoms with Crippen molar-refractivity contribution in [3.63, 3.8) is 0 Å². The monoisotopic (exact) mass is 288 g/mol. The zero-order valence-electron chi connectivity index (χ0n) is 12.6. The molecule has 2 fully saturated rings. The van der Waals surface area contributed by atoms with Gasteiger partial charge in [0, 0.05) is 13.1 Å². The molecule has 1 aromatic rings. The van der Waals surface area contributed by atoms with Gasteiger partial charge in [0.25, 0.3) is 5.91 Å². The fourth-order valence-electron chi connectivity index (χ4n) is 3.75. The number of nitrogens with zero attached hydrogens (tertiary/aromatic N) is 2. The number of anilines is 1. The third-order valence-electron chi connectivity index (χ3n) is 4.83. The highest BCUT2D eigenvalue weighted by Gasteiger charge is 2.39. The van der Waals surface area contributed by atoms with Gasteiger partial charge in [-0.1, -0.05) is 13.3 Å². The second kappa shape index (κ2) is 6.41. The first-order chi connectivity index (χ1) is 10.3. The highest BCUT2D eigenvalue weighted by atomic mass is 16.1. The van der Waals surface area contributed by atoms with Crippen LogP contribution in [-0.2, 0) is 0 Å². The number of amides is 1. The van der Waals surface area contributed by atoms with Crippen molar-refractivity contribution in [3.05, 3.63) is 18.1 Å². The van der Waals surface area contributed by atoms with E-state index in [2.05, 4.69) is 27.5 Å². The van der Waals surface area contributed by atoms with Crippen LogP contribution in [0, 0.1) is 17.8 Å². The summed E-state index contributed by atoms with van der Waals surface area (Å²) < 4.78 is 0. The first kappa shape index (κ1) is 14.3. The van der Waals surface area contributed by atoms with E-state index in [0.29, 0.717) is 17.4 Å². The molecule has 2 saturated carbocycles. The molecule has 1 heterocycles. The van der Waals surface area contributed by atoms with Gasteiger partial charge >= 0.3 is 0 Å². The molecule has 0 radical (unpaired) electrons. The number of hydrogen-bond donors (Lipinski definition) is 2. The maximum atomic E-state index is 12.2. The number of carbonyl (C=O) groups is 1. The van der Waals surface area contributed by atoms with Crippen LogP contribution in [0.5, 0.6) is 0 Å². The molecule has 0 spiro atoms. The smallest absolute Gasteiger partial charge is 0.271 e. The molecule has 1 amide bonds. The Labute approximate surface area is 125 Å². The van der Waals surface area contributed by atoms with Crippen LogP contribution in [0.25, 0.3) is 0 Å². The molecular formula is C16H24N4O. The Bertz CT molecular complexity index is 505. The molecule has 5 nitrogen and oxygen atoms in total. The Morgan fingerprint density at radius 1 is 1.33 bits per heavy atom. The molecule has 0 saturated heterocycles. The fraction of sp³-hybridized carbons (Fsp3) is 0.688. The number of carbonyl (C=O) groups excluding carboxylic acids is 1. The largest absolute Gasteiger partial charge is 0.369 e. The number of aromatic nitrogens is 2. The van der Waals surface area contributed by atoms with Crippen molar-refractivity contribution in [2.45, 2.75) is 39.0 Å². The lowest BCUT2D eigenvalue weighted by Gasteiger charge is -2.21. The van der Waals surface area contributed by atoms with Crippen molar-refractivity contribution in [2.24, 2.45) is 17.8 Å². The first-order valence-corrected chi connectivity index (χ1v) is 8.10. The zero-order valence-corrected chi connectivity index (χ0v) is 12.6. The SMILES string of the molecule is CCCNc1cncc(C(=O)NCC2CC3CCC2C3)n1. The normalized spacial score (nSPS) is 26.8. The fourth-order valence-corrected chi connectivity index (χ4v) is 3.75. The van der Waals surface area contributed by atoms with Crippen molar-refractivity contribution in [2.75, 3.05) is 18.4 Å². The molecule has 114 valence electrons. The van der Waals surface area contributed by atoms with E-state index in [1.165, 1.54) is 31.9 Å². The molecule has 2 aliphatic carbocycles. The average molecular weight is 288 g/mol. The molecule has 2 bridgehead atoms. The van der Waals surface area contributed by atoms with Crippen LogP contribution in [0.3, 0.4) is 0 Å². The maximum absolute atomic E-state index is 12.2. The molecule has 3 unspecified atom stereocenters. The molecule has 3 rings (SSSR count). The minimum Gasteiger partial charge on any atom is -0.369 e. The summed E-state index contributed by atoms with van der Waals surface area (Å²) >= 11 is 0. The van der Waals surface area contributed by atoms with E-state index in [0.717, 1.165) is 31.3 Å². The van der Waals surface area contributed by atoms with Crippen molar-refractivity contribution >= 4 is 11.7 Å². The van der Waals surface area contributed by atoms with Gasteiger partial charge in [-0.25, -0.2) is 4.98 Å². The Balaban J connectivity index is 1.53. The van der Waals surface area contributed by atoms with Crippen molar-refractivity contribution in [3.8, 4) is 0 Å². The van der Waals surface area contributed by atoms with Crippen LogP contribution in [0.2, 0.25) is 0 Å². The minimum absolute atomic E-state index is 0.106. The van der Waals surface area contributed by atoms with Gasteiger partial charge in [-0.3, -0.25) is 9.78 Å². The lowest BCUT2D eigenvalue weighted by atomic mass is 9.89. The Morgan fingerprint density at radius 3 is 2.95 bits per heavy atom. The van der Waals surface area contributed by atoms with E-state index >= 15 is 0 Å². The number of hydrogen-bond acceptors (Lipinski definition) is 4. The summed E-state index contributed by atoms with van der Waals surface area (Å²) in [7, 11) is 0. The molecular weight excluding hydrogens is 264 g/mol. The Morgan fingerprint density at radius 2 is 2.24 bits per heavy atom. The van der Waals surface area contributed by atoms with Crippen molar-refractivity contribution in [1.82, 2.24) is 15.3 Å². The van der Waals surface area contributed by atoms with E-state index in [1.54, 1.807) is 6.20 Å². The molecule has 0 aliphatic heterocycles. The van der Waals surface area contributed by atoms with Gasteiger partial charge < -0.3 is 10.6 Å². The van der Waals surface area contributed by atoms with Crippen LogP contribution in [0.15, 0.2) is 12.4 Å². The summed E-state index contributed by atoms with van der Waals surface area (Å²) in [5, 5.41) is 6.20. The van der Waals surface area contributed by atoms with Crippen LogP contribution < -0.4 is 10.6 Å². The molecule has 2 N–H and O–H groups in total. The van der Waals surface area contributed by atoms with Crippen LogP contribution in [-0.4, -0.2) is 29.0 Å². The first-order valence-electron chi connectivity index (χ1n) is 8.10. The predicted molar refractivity (Wildman–Crippen MR) is 82.1 cm³/mol. The molecule has 0 aromatic carbocycles. The van der Waals surface area contributed by atoms with Gasteiger partial charge in [-0.05, 0) is 43.4 Å². The van der Waals surface area contributed by atoms with Gasteiger partial charge in [0.15, 0.2) is 0 Å². The highest BCUT2D eigenvalue weighted by molar-refractivity contribution is 5.92. The summed E-state index contributed by atoms with van der Waals surface area (Å²) in [6.45, 7) is 3.71. The van der Waals surface area contributed by atoms with E-state index in [9.17, 15) is 4.79 Å². The van der Waals surface area contributed by atoms with Crippen LogP contribution >= 0.6 is 0 Å². The van der Waals surface area contributed by atoms with Crippen LogP contribution in [0.4, 0.5) is 5.82 Å². The summed E-state index contributed by atoms with van der Waals surface area (Å²) in [5.74, 6) is 2.98. The third-order valence-corrected chi connectivity index (χ3v) is 4.83. The zero-order chi connectivity index (χ0) is 14.7. The minimum atomic E-state index is -0.106. The quantitative estimate of drug-likeness (QED) is 0.844. The third kappa shape index (κ3) is 3.34. The molecule has 21 heavy (non-hydrogen) atoms. The number of nitrogens with one attached hydrogen (secondary N) is 2. The Hall–Kier alpha value is -1.65. The van der Waals surface area contributed by atoms with E-state index in [-0.39, 0.29) is 5.91 Å². The standard InChI is InChI=1S/C16H24N4O/c1-2-5-18-15-10-17-9-14(20-15)16(21)19-8-13-7-11-3-4-12(13)6-11/h9-13H,2-8H2,1H3,(H,18,20)(H,19,21). The summed E-state index contributed by atoms with van der Waals surface area (Å²) in [5.41, 5.74) is 0.402. The van der Waals surface area contributed by atoms with Gasteiger partial charge in [-0.15, -0.1) is 0 Å². The van der Waals surface area contributed by atoms with Crippen LogP contribution in [0.1, 0.15) is 49.5 Å². The maximum Gasteiger partial charge on any atom is 0.271 e. The van der Waals surface area contributed by atoms with E-state index in [4.69, 9.17) is 0 Å². The topological polar surface area (TPSA) is 66.9 Å². The molecule has 3 atom stereocenters. The number of rotatable bonds is 6. The van der Waals surface area contributed by atoms with E-state index in [1.807, 2.05) is 0 Å². The molecule has 5 heteroatoms. The Kier molecular flexibility index (Phi) is 4.36. The van der Waals surface area contributed by atoms with E-state index < -0.39 is 0 Å². The van der Waals surface area contributed by atoms with Gasteiger partial charge in [0.2, 0.25) is 0 Å². The van der Waals surface area contributed by atoms with Crippen molar-refractivity contribution < 1.29 is 4.79 Å². The highest BCUT2D eigenvalue weighted by Crippen LogP contribution is 2.47. The molecule has 2 aliphatic rings. The summed E-state index contributed by atoms with van der Waals surface area (Å²) in [6, 6.07) is 0. The summed E-state index contributed by atoms with van der Waals surface area (Å²) in [4.78, 5) is 20.6. The van der Waals surface area contributed by atoms with Gasteiger partial charge in [-0.2, -0.15) is 0 Å². The lowest BCUT2D eigenvalue weighted by Crippen LogP contribution is -2.32. The van der Waals surface area contributed by atoms with Gasteiger partial charge in [0.1, 0.15) is 11.5 Å². The number of fused-ring (bicyclic) bond motifs is 2. The second-order valence-corrected chi connectivity index (χ2v) is 6.36. The second-order valence-electron chi connectivity index (χ2n) is 6.36. The summed E-state index contributed by atoms with van der Waals surface area (Å²) in [6.07, 6.45) is 9.61. The molecule has 1 aromatic heterocycles. The van der Waals surface area contributed by atoms with Crippen molar-refractivity contribution in [1.29, 1.82) is 0 Å². The predicted octanol–water partition coefficient (Wildman–Crippen LogP) is 2.46.